The van der Waals surface area contributed by atoms with Crippen LogP contribution in [0.3, 0.4) is 0 Å². The molecule has 0 aliphatic carbocycles. The summed E-state index contributed by atoms with van der Waals surface area (Å²) < 4.78 is 5.46. The van der Waals surface area contributed by atoms with Gasteiger partial charge in [-0.15, -0.1) is 6.58 Å². The third kappa shape index (κ3) is 3.82. The molecule has 0 spiro atoms. The van der Waals surface area contributed by atoms with Crippen LogP contribution in [0.5, 0.6) is 5.75 Å². The van der Waals surface area contributed by atoms with Crippen molar-refractivity contribution in [3.8, 4) is 5.75 Å². The van der Waals surface area contributed by atoms with E-state index in [2.05, 4.69) is 65.0 Å². The topological polar surface area (TPSA) is 44.8 Å². The smallest absolute Gasteiger partial charge is 0.225 e. The molecule has 0 saturated carbocycles. The fourth-order valence-corrected chi connectivity index (χ4v) is 4.50. The molecule has 5 nitrogen and oxygen atoms in total. The Morgan fingerprint density at radius 1 is 1.24 bits per heavy atom. The normalized spacial score (nSPS) is 20.5. The summed E-state index contributed by atoms with van der Waals surface area (Å²) in [5.74, 6) is 0.870. The number of methoxy groups -OCH3 is 1. The summed E-state index contributed by atoms with van der Waals surface area (Å²) in [4.78, 5) is 17.8. The van der Waals surface area contributed by atoms with E-state index in [4.69, 9.17) is 4.74 Å². The maximum Gasteiger partial charge on any atom is 0.225 e. The number of fused-ring (bicyclic) bond motifs is 3. The van der Waals surface area contributed by atoms with Gasteiger partial charge >= 0.3 is 0 Å². The van der Waals surface area contributed by atoms with Crippen molar-refractivity contribution in [1.82, 2.24) is 5.32 Å². The first-order chi connectivity index (χ1) is 14.1. The van der Waals surface area contributed by atoms with Gasteiger partial charge in [-0.1, -0.05) is 29.8 Å². The van der Waals surface area contributed by atoms with E-state index >= 15 is 0 Å². The van der Waals surface area contributed by atoms with Crippen LogP contribution in [0.25, 0.3) is 0 Å². The number of benzene rings is 2. The van der Waals surface area contributed by atoms with Crippen LogP contribution in [-0.2, 0) is 11.2 Å². The van der Waals surface area contributed by atoms with Crippen molar-refractivity contribution in [3.05, 3.63) is 66.2 Å². The van der Waals surface area contributed by atoms with Crippen LogP contribution >= 0.6 is 0 Å². The monoisotopic (exact) mass is 391 g/mol. The van der Waals surface area contributed by atoms with Gasteiger partial charge in [-0.05, 0) is 37.1 Å². The molecule has 29 heavy (non-hydrogen) atoms. The number of ether oxygens (including phenoxy) is 1. The highest BCUT2D eigenvalue weighted by Gasteiger charge is 2.41. The molecule has 2 aromatic rings. The van der Waals surface area contributed by atoms with Crippen LogP contribution in [0.4, 0.5) is 11.4 Å². The molecular weight excluding hydrogens is 362 g/mol. The third-order valence-corrected chi connectivity index (χ3v) is 6.08. The number of hydrogen-bond acceptors (Lipinski definition) is 4. The molecule has 4 rings (SSSR count). The summed E-state index contributed by atoms with van der Waals surface area (Å²) in [5, 5.41) is 3.02. The predicted molar refractivity (Wildman–Crippen MR) is 118 cm³/mol. The number of nitrogens with zero attached hydrogens (tertiary/aromatic N) is 2. The lowest BCUT2D eigenvalue weighted by molar-refractivity contribution is -0.125. The Bertz CT molecular complexity index is 893. The zero-order valence-electron chi connectivity index (χ0n) is 17.2. The van der Waals surface area contributed by atoms with Gasteiger partial charge in [-0.25, -0.2) is 0 Å². The van der Waals surface area contributed by atoms with E-state index in [1.807, 2.05) is 6.07 Å². The first kappa shape index (κ1) is 19.4. The number of aryl methyl sites for hydroxylation is 1. The number of amides is 1. The number of rotatable bonds is 5. The summed E-state index contributed by atoms with van der Waals surface area (Å²) in [6, 6.07) is 15.0. The molecule has 2 aliphatic heterocycles. The van der Waals surface area contributed by atoms with Crippen molar-refractivity contribution in [2.45, 2.75) is 19.4 Å². The second-order valence-corrected chi connectivity index (χ2v) is 7.88. The van der Waals surface area contributed by atoms with Gasteiger partial charge in [0.25, 0.3) is 0 Å². The van der Waals surface area contributed by atoms with Crippen LogP contribution < -0.4 is 19.9 Å². The van der Waals surface area contributed by atoms with Gasteiger partial charge < -0.3 is 19.9 Å². The number of anilines is 2. The highest BCUT2D eigenvalue weighted by molar-refractivity contribution is 5.82. The van der Waals surface area contributed by atoms with Crippen molar-refractivity contribution in [3.63, 3.8) is 0 Å². The van der Waals surface area contributed by atoms with E-state index in [-0.39, 0.29) is 17.9 Å². The van der Waals surface area contributed by atoms with Crippen molar-refractivity contribution in [2.24, 2.45) is 5.92 Å². The Balaban J connectivity index is 1.65. The lowest BCUT2D eigenvalue weighted by Crippen LogP contribution is -2.61. The van der Waals surface area contributed by atoms with E-state index in [1.165, 1.54) is 22.5 Å². The van der Waals surface area contributed by atoms with Crippen molar-refractivity contribution < 1.29 is 9.53 Å². The molecule has 2 heterocycles. The number of carbonyl (C=O) groups excluding carboxylic acids is 1. The van der Waals surface area contributed by atoms with Gasteiger partial charge in [0, 0.05) is 43.6 Å². The molecule has 2 unspecified atom stereocenters. The van der Waals surface area contributed by atoms with Crippen molar-refractivity contribution in [1.29, 1.82) is 0 Å². The van der Waals surface area contributed by atoms with E-state index in [0.717, 1.165) is 31.8 Å². The maximum absolute atomic E-state index is 13.0. The average Bonchev–Trinajstić information content (AvgIpc) is 2.76. The first-order valence-electron chi connectivity index (χ1n) is 10.2. The van der Waals surface area contributed by atoms with Gasteiger partial charge in [0.1, 0.15) is 5.75 Å². The quantitative estimate of drug-likeness (QED) is 0.796. The largest absolute Gasteiger partial charge is 0.497 e. The van der Waals surface area contributed by atoms with Gasteiger partial charge in [0.05, 0.1) is 19.1 Å². The minimum Gasteiger partial charge on any atom is -0.497 e. The molecule has 5 heteroatoms. The van der Waals surface area contributed by atoms with E-state index in [9.17, 15) is 4.79 Å². The van der Waals surface area contributed by atoms with Crippen LogP contribution in [0.2, 0.25) is 0 Å². The molecule has 2 atom stereocenters. The summed E-state index contributed by atoms with van der Waals surface area (Å²) >= 11 is 0. The Kier molecular flexibility index (Phi) is 5.47. The van der Waals surface area contributed by atoms with Crippen LogP contribution in [0.1, 0.15) is 11.1 Å². The second kappa shape index (κ2) is 8.19. The predicted octanol–water partition coefficient (Wildman–Crippen LogP) is 3.17. The van der Waals surface area contributed by atoms with Crippen molar-refractivity contribution in [2.75, 3.05) is 43.1 Å². The minimum atomic E-state index is -0.0934. The van der Waals surface area contributed by atoms with Gasteiger partial charge in [-0.3, -0.25) is 4.79 Å². The molecule has 1 saturated heterocycles. The Morgan fingerprint density at radius 3 is 2.76 bits per heavy atom. The lowest BCUT2D eigenvalue weighted by Gasteiger charge is -2.49. The second-order valence-electron chi connectivity index (χ2n) is 7.88. The summed E-state index contributed by atoms with van der Waals surface area (Å²) in [5.41, 5.74) is 4.89. The van der Waals surface area contributed by atoms with Crippen LogP contribution in [-0.4, -0.2) is 45.2 Å². The number of hydrogen-bond donors (Lipinski definition) is 1. The standard InChI is InChI=1S/C24H29N3O2/c1-4-11-25-24(28)21-14-18-7-10-20(29-3)15-22(18)27-13-12-26(16-23(21)27)19-8-5-17(2)6-9-19/h4-10,15,21,23H,1,11-14,16H2,2-3H3,(H,25,28). The molecule has 2 aliphatic rings. The summed E-state index contributed by atoms with van der Waals surface area (Å²) in [6.07, 6.45) is 2.47. The highest BCUT2D eigenvalue weighted by Crippen LogP contribution is 2.38. The summed E-state index contributed by atoms with van der Waals surface area (Å²) in [6.45, 7) is 8.96. The fraction of sp³-hybridized carbons (Fsp3) is 0.375. The minimum absolute atomic E-state index is 0.0934. The third-order valence-electron chi connectivity index (χ3n) is 6.08. The van der Waals surface area contributed by atoms with Crippen LogP contribution in [0.15, 0.2) is 55.1 Å². The molecular formula is C24H29N3O2. The Hall–Kier alpha value is -2.95. The van der Waals surface area contributed by atoms with E-state index in [1.54, 1.807) is 13.2 Å². The zero-order chi connectivity index (χ0) is 20.4. The number of carbonyl (C=O) groups is 1. The average molecular weight is 392 g/mol. The molecule has 2 aromatic carbocycles. The first-order valence-corrected chi connectivity index (χ1v) is 10.2. The maximum atomic E-state index is 13.0. The molecule has 1 fully saturated rings. The van der Waals surface area contributed by atoms with E-state index < -0.39 is 0 Å². The molecule has 1 N–H and O–H groups in total. The zero-order valence-corrected chi connectivity index (χ0v) is 17.2. The Morgan fingerprint density at radius 2 is 2.03 bits per heavy atom. The number of piperazine rings is 1. The fourth-order valence-electron chi connectivity index (χ4n) is 4.50. The van der Waals surface area contributed by atoms with Crippen molar-refractivity contribution >= 4 is 17.3 Å². The van der Waals surface area contributed by atoms with Gasteiger partial charge in [0.2, 0.25) is 5.91 Å². The lowest BCUT2D eigenvalue weighted by atomic mass is 9.83. The van der Waals surface area contributed by atoms with Gasteiger partial charge in [0.15, 0.2) is 0 Å². The molecule has 152 valence electrons. The molecule has 1 amide bonds. The Labute approximate surface area is 173 Å². The molecule has 0 bridgehead atoms. The molecule has 0 radical (unpaired) electrons. The van der Waals surface area contributed by atoms with Gasteiger partial charge in [-0.2, -0.15) is 0 Å². The number of nitrogens with one attached hydrogen (secondary N) is 1. The summed E-state index contributed by atoms with van der Waals surface area (Å²) in [7, 11) is 1.70. The van der Waals surface area contributed by atoms with Crippen LogP contribution in [0, 0.1) is 12.8 Å². The van der Waals surface area contributed by atoms with E-state index in [0.29, 0.717) is 6.54 Å². The molecule has 0 aromatic heterocycles. The highest BCUT2D eigenvalue weighted by atomic mass is 16.5. The SMILES string of the molecule is C=CCNC(=O)C1Cc2ccc(OC)cc2N2CCN(c3ccc(C)cc3)CC12.